The number of Topliss-reactive ketones (excluding diaryl/α,β-unsaturated/α-hetero) is 1. The Labute approximate surface area is 147 Å². The fourth-order valence-corrected chi connectivity index (χ4v) is 4.24. The minimum Gasteiger partial charge on any atom is -0.312 e. The molecule has 1 aromatic heterocycles. The van der Waals surface area contributed by atoms with Crippen molar-refractivity contribution in [3.63, 3.8) is 0 Å². The normalized spacial score (nSPS) is 17.8. The molecule has 25 heavy (non-hydrogen) atoms. The Morgan fingerprint density at radius 2 is 1.96 bits per heavy atom. The Kier molecular flexibility index (Phi) is 3.37. The second-order valence-electron chi connectivity index (χ2n) is 6.66. The number of carbonyl (C=O) groups excluding carboxylic acids is 2. The molecule has 0 saturated heterocycles. The molecule has 3 heterocycles. The molecule has 6 nitrogen and oxygen atoms in total. The predicted molar refractivity (Wildman–Crippen MR) is 92.0 cm³/mol. The average molecular weight is 358 g/mol. The standard InChI is InChI=1S/C17H15FN4O2S/c1-17(2)6-9(7-25-16-20-19-8-21(16)3)11-4-10(18)5-12-13(11)22(17)15(24)14(12)23/h4-6,8H,7H2,1-3H3. The van der Waals surface area contributed by atoms with Crippen LogP contribution in [0.3, 0.4) is 0 Å². The number of aryl methyl sites for hydroxylation is 1. The maximum absolute atomic E-state index is 14.1. The van der Waals surface area contributed by atoms with E-state index in [0.29, 0.717) is 17.0 Å². The van der Waals surface area contributed by atoms with Crippen LogP contribution in [0, 0.1) is 5.82 Å². The van der Waals surface area contributed by atoms with Gasteiger partial charge in [0.25, 0.3) is 11.7 Å². The van der Waals surface area contributed by atoms with E-state index in [1.807, 2.05) is 27.0 Å². The van der Waals surface area contributed by atoms with Crippen molar-refractivity contribution in [1.29, 1.82) is 0 Å². The van der Waals surface area contributed by atoms with Crippen LogP contribution < -0.4 is 4.90 Å². The zero-order valence-electron chi connectivity index (χ0n) is 13.9. The molecule has 8 heteroatoms. The van der Waals surface area contributed by atoms with Gasteiger partial charge in [0, 0.05) is 18.4 Å². The van der Waals surface area contributed by atoms with E-state index in [9.17, 15) is 14.0 Å². The van der Waals surface area contributed by atoms with Gasteiger partial charge in [0.15, 0.2) is 5.16 Å². The number of hydrogen-bond acceptors (Lipinski definition) is 5. The maximum atomic E-state index is 14.1. The van der Waals surface area contributed by atoms with E-state index in [0.717, 1.165) is 16.8 Å². The van der Waals surface area contributed by atoms with Gasteiger partial charge in [-0.05, 0) is 31.6 Å². The molecular weight excluding hydrogens is 343 g/mol. The number of thioether (sulfide) groups is 1. The van der Waals surface area contributed by atoms with E-state index < -0.39 is 23.0 Å². The molecule has 2 aliphatic rings. The Balaban J connectivity index is 1.81. The minimum absolute atomic E-state index is 0.141. The summed E-state index contributed by atoms with van der Waals surface area (Å²) in [7, 11) is 1.85. The van der Waals surface area contributed by atoms with E-state index in [-0.39, 0.29) is 5.56 Å². The Morgan fingerprint density at radius 1 is 1.24 bits per heavy atom. The second kappa shape index (κ2) is 5.26. The highest BCUT2D eigenvalue weighted by Gasteiger charge is 2.47. The van der Waals surface area contributed by atoms with E-state index in [1.54, 1.807) is 10.9 Å². The van der Waals surface area contributed by atoms with E-state index in [4.69, 9.17) is 0 Å². The van der Waals surface area contributed by atoms with E-state index in [2.05, 4.69) is 10.2 Å². The molecule has 1 amide bonds. The molecule has 1 aromatic carbocycles. The van der Waals surface area contributed by atoms with Gasteiger partial charge >= 0.3 is 0 Å². The van der Waals surface area contributed by atoms with Gasteiger partial charge in [0.2, 0.25) is 0 Å². The van der Waals surface area contributed by atoms with Gasteiger partial charge in [0.05, 0.1) is 16.8 Å². The number of halogens is 1. The van der Waals surface area contributed by atoms with Gasteiger partial charge < -0.3 is 4.57 Å². The number of ketones is 1. The van der Waals surface area contributed by atoms with Crippen molar-refractivity contribution >= 4 is 34.7 Å². The molecule has 2 aliphatic heterocycles. The number of anilines is 1. The summed E-state index contributed by atoms with van der Waals surface area (Å²) in [5.41, 5.74) is 1.44. The number of carbonyl (C=O) groups is 2. The highest BCUT2D eigenvalue weighted by Crippen LogP contribution is 2.46. The van der Waals surface area contributed by atoms with Crippen molar-refractivity contribution in [3.05, 3.63) is 41.5 Å². The SMILES string of the molecule is Cn1cnnc1SCC1=CC(C)(C)N2C(=O)C(=O)c3cc(F)cc1c32. The van der Waals surface area contributed by atoms with Crippen molar-refractivity contribution in [2.75, 3.05) is 10.7 Å². The van der Waals surface area contributed by atoms with Crippen LogP contribution in [0.15, 0.2) is 29.7 Å². The number of benzene rings is 1. The molecule has 0 fully saturated rings. The first-order valence-electron chi connectivity index (χ1n) is 7.71. The lowest BCUT2D eigenvalue weighted by molar-refractivity contribution is -0.115. The van der Waals surface area contributed by atoms with Crippen LogP contribution in [0.1, 0.15) is 29.8 Å². The van der Waals surface area contributed by atoms with Gasteiger partial charge in [-0.15, -0.1) is 10.2 Å². The number of aromatic nitrogens is 3. The third-order valence-corrected chi connectivity index (χ3v) is 5.50. The Hall–Kier alpha value is -2.48. The van der Waals surface area contributed by atoms with Gasteiger partial charge in [0.1, 0.15) is 12.1 Å². The maximum Gasteiger partial charge on any atom is 0.300 e. The zero-order valence-corrected chi connectivity index (χ0v) is 14.7. The minimum atomic E-state index is -0.668. The lowest BCUT2D eigenvalue weighted by Crippen LogP contribution is -2.47. The second-order valence-corrected chi connectivity index (χ2v) is 7.60. The van der Waals surface area contributed by atoms with Crippen LogP contribution in [-0.2, 0) is 11.8 Å². The first kappa shape index (κ1) is 16.0. The number of nitrogens with zero attached hydrogens (tertiary/aromatic N) is 4. The summed E-state index contributed by atoms with van der Waals surface area (Å²) in [5, 5.41) is 8.62. The van der Waals surface area contributed by atoms with Crippen LogP contribution in [0.2, 0.25) is 0 Å². The van der Waals surface area contributed by atoms with Gasteiger partial charge in [-0.1, -0.05) is 17.8 Å². The lowest BCUT2D eigenvalue weighted by Gasteiger charge is -2.38. The van der Waals surface area contributed by atoms with E-state index >= 15 is 0 Å². The highest BCUT2D eigenvalue weighted by molar-refractivity contribution is 7.99. The molecule has 2 aromatic rings. The summed E-state index contributed by atoms with van der Waals surface area (Å²) in [6.45, 7) is 3.74. The van der Waals surface area contributed by atoms with Crippen LogP contribution in [0.4, 0.5) is 10.1 Å². The third kappa shape index (κ3) is 2.31. The average Bonchev–Trinajstić information content (AvgIpc) is 3.06. The van der Waals surface area contributed by atoms with Gasteiger partial charge in [-0.2, -0.15) is 0 Å². The molecule has 128 valence electrons. The first-order chi connectivity index (χ1) is 11.8. The van der Waals surface area contributed by atoms with Crippen molar-refractivity contribution in [2.24, 2.45) is 7.05 Å². The van der Waals surface area contributed by atoms with Crippen LogP contribution in [0.25, 0.3) is 5.57 Å². The lowest BCUT2D eigenvalue weighted by atomic mass is 9.89. The number of hydrogen-bond donors (Lipinski definition) is 0. The smallest absolute Gasteiger partial charge is 0.300 e. The summed E-state index contributed by atoms with van der Waals surface area (Å²) in [6, 6.07) is 2.53. The van der Waals surface area contributed by atoms with Crippen molar-refractivity contribution in [2.45, 2.75) is 24.5 Å². The molecule has 0 atom stereocenters. The van der Waals surface area contributed by atoms with Crippen molar-refractivity contribution in [1.82, 2.24) is 14.8 Å². The zero-order chi connectivity index (χ0) is 17.9. The molecule has 4 rings (SSSR count). The topological polar surface area (TPSA) is 68.1 Å². The first-order valence-corrected chi connectivity index (χ1v) is 8.69. The summed E-state index contributed by atoms with van der Waals surface area (Å²) in [5.74, 6) is -1.25. The van der Waals surface area contributed by atoms with Crippen LogP contribution in [-0.4, -0.2) is 37.7 Å². The third-order valence-electron chi connectivity index (χ3n) is 4.42. The molecule has 0 saturated carbocycles. The summed E-state index contributed by atoms with van der Waals surface area (Å²) in [4.78, 5) is 26.1. The molecular formula is C17H15FN4O2S. The largest absolute Gasteiger partial charge is 0.312 e. The summed E-state index contributed by atoms with van der Waals surface area (Å²) >= 11 is 1.47. The Morgan fingerprint density at radius 3 is 2.64 bits per heavy atom. The number of rotatable bonds is 3. The monoisotopic (exact) mass is 358 g/mol. The van der Waals surface area contributed by atoms with E-state index in [1.165, 1.54) is 22.7 Å². The fraction of sp³-hybridized carbons (Fsp3) is 0.294. The van der Waals surface area contributed by atoms with Gasteiger partial charge in [-0.3, -0.25) is 14.5 Å². The molecule has 0 aliphatic carbocycles. The molecule has 0 spiro atoms. The van der Waals surface area contributed by atoms with Gasteiger partial charge in [-0.25, -0.2) is 4.39 Å². The van der Waals surface area contributed by atoms with Crippen LogP contribution in [0.5, 0.6) is 0 Å². The molecule has 0 radical (unpaired) electrons. The number of amides is 1. The Bertz CT molecular complexity index is 964. The summed E-state index contributed by atoms with van der Waals surface area (Å²) in [6.07, 6.45) is 3.53. The quantitative estimate of drug-likeness (QED) is 0.623. The van der Waals surface area contributed by atoms with Crippen LogP contribution >= 0.6 is 11.8 Å². The molecule has 0 unspecified atom stereocenters. The van der Waals surface area contributed by atoms with Crippen molar-refractivity contribution < 1.29 is 14.0 Å². The molecule has 0 bridgehead atoms. The fourth-order valence-electron chi connectivity index (χ4n) is 3.36. The molecule has 0 N–H and O–H groups in total. The highest BCUT2D eigenvalue weighted by atomic mass is 32.2. The summed E-state index contributed by atoms with van der Waals surface area (Å²) < 4.78 is 15.9. The van der Waals surface area contributed by atoms with Crippen molar-refractivity contribution in [3.8, 4) is 0 Å². The predicted octanol–water partition coefficient (Wildman–Crippen LogP) is 2.45.